The van der Waals surface area contributed by atoms with Crippen LogP contribution in [0.1, 0.15) is 32.6 Å². The van der Waals surface area contributed by atoms with Gasteiger partial charge in [-0.3, -0.25) is 9.59 Å². The molecule has 0 radical (unpaired) electrons. The monoisotopic (exact) mass is 342 g/mol. The molecule has 1 fully saturated rings. The first-order valence-electron chi connectivity index (χ1n) is 9.05. The summed E-state index contributed by atoms with van der Waals surface area (Å²) in [6, 6.07) is 9.22. The van der Waals surface area contributed by atoms with Crippen molar-refractivity contribution in [3.63, 3.8) is 0 Å². The summed E-state index contributed by atoms with van der Waals surface area (Å²) in [6.45, 7) is 4.39. The molecule has 0 unspecified atom stereocenters. The molecule has 1 saturated heterocycles. The molecule has 134 valence electrons. The average molecular weight is 342 g/mol. The molecule has 25 heavy (non-hydrogen) atoms. The number of carbonyl (C=O) groups is 1. The zero-order valence-electron chi connectivity index (χ0n) is 15.0. The Hall–Kier alpha value is -2.30. The number of ether oxygens (including phenoxy) is 1. The van der Waals surface area contributed by atoms with E-state index in [2.05, 4.69) is 6.92 Å². The van der Waals surface area contributed by atoms with Crippen LogP contribution in [0.2, 0.25) is 0 Å². The number of aryl methyl sites for hydroxylation is 1. The summed E-state index contributed by atoms with van der Waals surface area (Å²) >= 11 is 0. The van der Waals surface area contributed by atoms with Crippen molar-refractivity contribution in [2.24, 2.45) is 13.0 Å². The lowest BCUT2D eigenvalue weighted by Crippen LogP contribution is -2.39. The number of para-hydroxylation sites is 1. The largest absolute Gasteiger partial charge is 0.493 e. The molecular formula is C20H26N2O3. The lowest BCUT2D eigenvalue weighted by Gasteiger charge is -2.31. The van der Waals surface area contributed by atoms with Gasteiger partial charge >= 0.3 is 0 Å². The number of amides is 1. The topological polar surface area (TPSA) is 51.5 Å². The Morgan fingerprint density at radius 3 is 2.92 bits per heavy atom. The van der Waals surface area contributed by atoms with Gasteiger partial charge < -0.3 is 14.2 Å². The highest BCUT2D eigenvalue weighted by atomic mass is 16.5. The molecule has 0 bridgehead atoms. The second-order valence-electron chi connectivity index (χ2n) is 6.96. The Morgan fingerprint density at radius 2 is 2.12 bits per heavy atom. The summed E-state index contributed by atoms with van der Waals surface area (Å²) in [7, 11) is 1.76. The number of rotatable bonds is 5. The first-order valence-corrected chi connectivity index (χ1v) is 9.05. The molecule has 0 saturated carbocycles. The molecule has 0 aliphatic carbocycles. The van der Waals surface area contributed by atoms with Gasteiger partial charge in [0.25, 0.3) is 5.56 Å². The molecule has 2 heterocycles. The van der Waals surface area contributed by atoms with Crippen LogP contribution in [-0.2, 0) is 11.8 Å². The van der Waals surface area contributed by atoms with E-state index < -0.39 is 0 Å². The quantitative estimate of drug-likeness (QED) is 0.785. The van der Waals surface area contributed by atoms with E-state index in [9.17, 15) is 9.59 Å². The van der Waals surface area contributed by atoms with Crippen LogP contribution < -0.4 is 10.3 Å². The molecule has 1 aromatic heterocycles. The molecule has 5 heteroatoms. The molecule has 0 spiro atoms. The van der Waals surface area contributed by atoms with Gasteiger partial charge in [0.05, 0.1) is 12.1 Å². The maximum absolute atomic E-state index is 12.3. The second-order valence-corrected chi connectivity index (χ2v) is 6.96. The number of carbonyl (C=O) groups excluding carboxylic acids is 1. The van der Waals surface area contributed by atoms with Crippen LogP contribution in [0.5, 0.6) is 5.75 Å². The van der Waals surface area contributed by atoms with Crippen LogP contribution in [0, 0.1) is 5.92 Å². The number of piperidine rings is 1. The van der Waals surface area contributed by atoms with Crippen molar-refractivity contribution in [1.82, 2.24) is 9.47 Å². The predicted octanol–water partition coefficient (Wildman–Crippen LogP) is 2.96. The van der Waals surface area contributed by atoms with Crippen molar-refractivity contribution in [2.45, 2.75) is 32.6 Å². The predicted molar refractivity (Wildman–Crippen MR) is 98.9 cm³/mol. The number of nitrogens with zero attached hydrogens (tertiary/aromatic N) is 2. The second kappa shape index (κ2) is 7.72. The standard InChI is InChI=1S/C20H26N2O3/c1-15-7-5-11-22(14-15)19(23)10-6-12-25-18-13-20(24)21(2)17-9-4-3-8-16(17)18/h3-4,8-9,13,15H,5-7,10-12,14H2,1-2H3/t15-/m1/s1. The maximum atomic E-state index is 12.3. The van der Waals surface area contributed by atoms with Gasteiger partial charge in [0.2, 0.25) is 5.91 Å². The molecule has 2 aromatic rings. The zero-order valence-corrected chi connectivity index (χ0v) is 15.0. The molecule has 1 aliphatic heterocycles. The first-order chi connectivity index (χ1) is 12.1. The van der Waals surface area contributed by atoms with Crippen molar-refractivity contribution in [2.75, 3.05) is 19.7 Å². The molecule has 1 amide bonds. The summed E-state index contributed by atoms with van der Waals surface area (Å²) in [5, 5.41) is 0.917. The van der Waals surface area contributed by atoms with E-state index in [-0.39, 0.29) is 11.5 Å². The Kier molecular flexibility index (Phi) is 5.41. The van der Waals surface area contributed by atoms with E-state index in [1.807, 2.05) is 29.2 Å². The minimum atomic E-state index is -0.0907. The third-order valence-electron chi connectivity index (χ3n) is 4.92. The summed E-state index contributed by atoms with van der Waals surface area (Å²) in [6.07, 6.45) is 3.47. The molecule has 1 aromatic carbocycles. The van der Waals surface area contributed by atoms with E-state index in [1.165, 1.54) is 12.5 Å². The Balaban J connectivity index is 1.58. The van der Waals surface area contributed by atoms with Gasteiger partial charge in [0.15, 0.2) is 0 Å². The van der Waals surface area contributed by atoms with Crippen LogP contribution in [0.15, 0.2) is 35.1 Å². The zero-order chi connectivity index (χ0) is 17.8. The third-order valence-corrected chi connectivity index (χ3v) is 4.92. The summed E-state index contributed by atoms with van der Waals surface area (Å²) in [4.78, 5) is 26.3. The molecule has 1 aliphatic rings. The van der Waals surface area contributed by atoms with E-state index in [0.717, 1.165) is 30.4 Å². The van der Waals surface area contributed by atoms with Gasteiger partial charge in [-0.1, -0.05) is 19.1 Å². The van der Waals surface area contributed by atoms with Gasteiger partial charge in [-0.05, 0) is 37.3 Å². The van der Waals surface area contributed by atoms with Crippen LogP contribution >= 0.6 is 0 Å². The third kappa shape index (κ3) is 4.03. The van der Waals surface area contributed by atoms with Gasteiger partial charge in [0, 0.05) is 38.0 Å². The van der Waals surface area contributed by atoms with Crippen molar-refractivity contribution in [3.8, 4) is 5.75 Å². The number of fused-ring (bicyclic) bond motifs is 1. The van der Waals surface area contributed by atoms with Crippen LogP contribution in [-0.4, -0.2) is 35.1 Å². The maximum Gasteiger partial charge on any atom is 0.254 e. The Morgan fingerprint density at radius 1 is 1.32 bits per heavy atom. The Bertz CT molecular complexity index is 812. The fourth-order valence-electron chi connectivity index (χ4n) is 3.48. The smallest absolute Gasteiger partial charge is 0.254 e. The van der Waals surface area contributed by atoms with Crippen molar-refractivity contribution in [1.29, 1.82) is 0 Å². The number of benzene rings is 1. The number of aromatic nitrogens is 1. The van der Waals surface area contributed by atoms with Crippen molar-refractivity contribution in [3.05, 3.63) is 40.7 Å². The minimum absolute atomic E-state index is 0.0907. The van der Waals surface area contributed by atoms with Gasteiger partial charge in [-0.25, -0.2) is 0 Å². The number of hydrogen-bond acceptors (Lipinski definition) is 3. The first kappa shape index (κ1) is 17.5. The minimum Gasteiger partial charge on any atom is -0.493 e. The lowest BCUT2D eigenvalue weighted by molar-refractivity contribution is -0.133. The number of pyridine rings is 1. The fraction of sp³-hybridized carbons (Fsp3) is 0.500. The molecule has 3 rings (SSSR count). The number of likely N-dealkylation sites (tertiary alicyclic amines) is 1. The highest BCUT2D eigenvalue weighted by molar-refractivity contribution is 5.85. The van der Waals surface area contributed by atoms with Gasteiger partial charge in [0.1, 0.15) is 5.75 Å². The SMILES string of the molecule is C[C@@H]1CCCN(C(=O)CCCOc2cc(=O)n(C)c3ccccc23)C1. The van der Waals surface area contributed by atoms with E-state index in [0.29, 0.717) is 31.1 Å². The fourth-order valence-corrected chi connectivity index (χ4v) is 3.48. The lowest BCUT2D eigenvalue weighted by atomic mass is 10.00. The van der Waals surface area contributed by atoms with Crippen LogP contribution in [0.4, 0.5) is 0 Å². The summed E-state index contributed by atoms with van der Waals surface area (Å²) < 4.78 is 7.44. The van der Waals surface area contributed by atoms with E-state index in [4.69, 9.17) is 4.74 Å². The van der Waals surface area contributed by atoms with Crippen molar-refractivity contribution < 1.29 is 9.53 Å². The number of hydrogen-bond donors (Lipinski definition) is 0. The van der Waals surface area contributed by atoms with Gasteiger partial charge in [-0.15, -0.1) is 0 Å². The summed E-state index contributed by atoms with van der Waals surface area (Å²) in [5.74, 6) is 1.41. The molecule has 5 nitrogen and oxygen atoms in total. The van der Waals surface area contributed by atoms with Crippen LogP contribution in [0.3, 0.4) is 0 Å². The average Bonchev–Trinajstić information content (AvgIpc) is 2.62. The van der Waals surface area contributed by atoms with Crippen molar-refractivity contribution >= 4 is 16.8 Å². The molecule has 0 N–H and O–H groups in total. The Labute approximate surface area is 148 Å². The molecule has 1 atom stereocenters. The normalized spacial score (nSPS) is 17.7. The summed E-state index contributed by atoms with van der Waals surface area (Å²) in [5.41, 5.74) is 0.760. The molecular weight excluding hydrogens is 316 g/mol. The van der Waals surface area contributed by atoms with E-state index >= 15 is 0 Å². The highest BCUT2D eigenvalue weighted by Gasteiger charge is 2.20. The van der Waals surface area contributed by atoms with E-state index in [1.54, 1.807) is 11.6 Å². The van der Waals surface area contributed by atoms with Gasteiger partial charge in [-0.2, -0.15) is 0 Å². The highest BCUT2D eigenvalue weighted by Crippen LogP contribution is 2.23. The van der Waals surface area contributed by atoms with Crippen LogP contribution in [0.25, 0.3) is 10.9 Å².